The predicted molar refractivity (Wildman–Crippen MR) is 129 cm³/mol. The van der Waals surface area contributed by atoms with Crippen molar-refractivity contribution in [3.05, 3.63) is 64.4 Å². The van der Waals surface area contributed by atoms with E-state index in [0.29, 0.717) is 22.4 Å². The molecule has 11 heteroatoms. The molecule has 0 saturated heterocycles. The molecule has 0 aliphatic heterocycles. The molecule has 1 aliphatic rings. The molecule has 1 fully saturated rings. The van der Waals surface area contributed by atoms with Crippen LogP contribution in [-0.4, -0.2) is 39.0 Å². The Morgan fingerprint density at radius 3 is 2.63 bits per heavy atom. The fourth-order valence-corrected chi connectivity index (χ4v) is 4.97. The minimum atomic E-state index is -1.13. The van der Waals surface area contributed by atoms with Gasteiger partial charge in [-0.1, -0.05) is 63.0 Å². The van der Waals surface area contributed by atoms with Gasteiger partial charge in [0.25, 0.3) is 0 Å². The third-order valence-corrected chi connectivity index (χ3v) is 6.82. The van der Waals surface area contributed by atoms with E-state index in [1.54, 1.807) is 0 Å². The number of carbonyl (C=O) groups is 1. The average molecular weight is 566 g/mol. The lowest BCUT2D eigenvalue weighted by Gasteiger charge is -2.16. The number of hydrogen-bond acceptors (Lipinski definition) is 6. The third-order valence-electron chi connectivity index (χ3n) is 6.01. The second kappa shape index (κ2) is 10.0. The maximum atomic E-state index is 13.8. The molecule has 3 heterocycles. The first kappa shape index (κ1) is 23.9. The van der Waals surface area contributed by atoms with Gasteiger partial charge >= 0.3 is 5.97 Å². The van der Waals surface area contributed by atoms with Crippen molar-refractivity contribution in [3.8, 4) is 11.3 Å². The van der Waals surface area contributed by atoms with Crippen LogP contribution in [0.2, 0.25) is 5.15 Å². The highest BCUT2D eigenvalue weighted by Gasteiger charge is 2.38. The van der Waals surface area contributed by atoms with E-state index in [2.05, 4.69) is 31.1 Å². The van der Waals surface area contributed by atoms with Gasteiger partial charge in [-0.2, -0.15) is 0 Å². The molecular formula is C24H20BrClF2N4O3. The largest absolute Gasteiger partial charge is 0.457 e. The summed E-state index contributed by atoms with van der Waals surface area (Å²) in [7, 11) is 0. The van der Waals surface area contributed by atoms with Crippen molar-refractivity contribution in [3.63, 3.8) is 0 Å². The van der Waals surface area contributed by atoms with Crippen LogP contribution < -0.4 is 0 Å². The Bertz CT molecular complexity index is 1370. The average Bonchev–Trinajstić information content (AvgIpc) is 3.55. The maximum absolute atomic E-state index is 13.8. The standard InChI is InChI=1S/C24H20BrClF2N4O3/c25-8-16-17(18-22(26)29-12-30-23(18)32(16)15(9-27)10-28)20-19(21(35-31-20)14-6-7-14)24(33)34-11-13-4-2-1-3-5-13/h1-5,12,14-15H,6-11H2. The summed E-state index contributed by atoms with van der Waals surface area (Å²) in [6.07, 6.45) is 2.94. The molecular weight excluding hydrogens is 546 g/mol. The number of carbonyl (C=O) groups excluding carboxylic acids is 1. The van der Waals surface area contributed by atoms with Crippen LogP contribution >= 0.6 is 27.5 Å². The van der Waals surface area contributed by atoms with Crippen LogP contribution in [-0.2, 0) is 16.7 Å². The van der Waals surface area contributed by atoms with E-state index in [1.807, 2.05) is 30.3 Å². The van der Waals surface area contributed by atoms with E-state index < -0.39 is 25.4 Å². The smallest absolute Gasteiger partial charge is 0.344 e. The summed E-state index contributed by atoms with van der Waals surface area (Å²) in [5, 5.41) is 4.83. The van der Waals surface area contributed by atoms with Crippen molar-refractivity contribution in [2.45, 2.75) is 36.7 Å². The number of benzene rings is 1. The molecule has 0 atom stereocenters. The Morgan fingerprint density at radius 2 is 1.97 bits per heavy atom. The first-order chi connectivity index (χ1) is 17.1. The van der Waals surface area contributed by atoms with Gasteiger partial charge in [-0.25, -0.2) is 23.5 Å². The predicted octanol–water partition coefficient (Wildman–Crippen LogP) is 6.35. The lowest BCUT2D eigenvalue weighted by molar-refractivity contribution is 0.0471. The van der Waals surface area contributed by atoms with Crippen LogP contribution in [0.1, 0.15) is 52.2 Å². The van der Waals surface area contributed by atoms with Crippen molar-refractivity contribution in [1.82, 2.24) is 19.7 Å². The molecule has 0 N–H and O–H groups in total. The third kappa shape index (κ3) is 4.33. The Morgan fingerprint density at radius 1 is 1.23 bits per heavy atom. The highest BCUT2D eigenvalue weighted by molar-refractivity contribution is 9.08. The molecule has 1 aromatic carbocycles. The number of fused-ring (bicyclic) bond motifs is 1. The minimum Gasteiger partial charge on any atom is -0.457 e. The number of esters is 1. The Balaban J connectivity index is 1.68. The number of rotatable bonds is 9. The number of alkyl halides is 3. The summed E-state index contributed by atoms with van der Waals surface area (Å²) in [6.45, 7) is -1.85. The summed E-state index contributed by atoms with van der Waals surface area (Å²) >= 11 is 9.88. The van der Waals surface area contributed by atoms with E-state index in [9.17, 15) is 13.6 Å². The van der Waals surface area contributed by atoms with Crippen LogP contribution in [0, 0.1) is 0 Å². The van der Waals surface area contributed by atoms with Crippen molar-refractivity contribution in [1.29, 1.82) is 0 Å². The lowest BCUT2D eigenvalue weighted by atomic mass is 10.0. The van der Waals surface area contributed by atoms with Gasteiger partial charge in [0.2, 0.25) is 0 Å². The molecule has 3 aromatic heterocycles. The van der Waals surface area contributed by atoms with Crippen LogP contribution in [0.5, 0.6) is 0 Å². The number of nitrogens with zero attached hydrogens (tertiary/aromatic N) is 4. The van der Waals surface area contributed by atoms with E-state index in [4.69, 9.17) is 20.9 Å². The van der Waals surface area contributed by atoms with Crippen LogP contribution in [0.4, 0.5) is 8.78 Å². The number of halogens is 4. The molecule has 0 radical (unpaired) electrons. The summed E-state index contributed by atoms with van der Waals surface area (Å²) in [4.78, 5) is 21.7. The lowest BCUT2D eigenvalue weighted by Crippen LogP contribution is -2.16. The first-order valence-electron chi connectivity index (χ1n) is 11.0. The molecule has 1 aliphatic carbocycles. The molecule has 0 amide bonds. The van der Waals surface area contributed by atoms with Gasteiger partial charge in [0.1, 0.15) is 48.3 Å². The van der Waals surface area contributed by atoms with E-state index in [-0.39, 0.29) is 39.9 Å². The zero-order valence-electron chi connectivity index (χ0n) is 18.4. The monoisotopic (exact) mass is 564 g/mol. The summed E-state index contributed by atoms with van der Waals surface area (Å²) < 4.78 is 40.4. The molecule has 4 aromatic rings. The van der Waals surface area contributed by atoms with Gasteiger partial charge in [-0.05, 0) is 18.4 Å². The van der Waals surface area contributed by atoms with E-state index in [0.717, 1.165) is 18.4 Å². The van der Waals surface area contributed by atoms with E-state index in [1.165, 1.54) is 10.9 Å². The van der Waals surface area contributed by atoms with Gasteiger partial charge in [0, 0.05) is 22.5 Å². The number of ether oxygens (including phenoxy) is 1. The van der Waals surface area contributed by atoms with Crippen molar-refractivity contribution >= 4 is 44.5 Å². The van der Waals surface area contributed by atoms with Crippen LogP contribution in [0.25, 0.3) is 22.3 Å². The minimum absolute atomic E-state index is 0.0486. The van der Waals surface area contributed by atoms with Crippen molar-refractivity contribution in [2.24, 2.45) is 0 Å². The first-order valence-corrected chi connectivity index (χ1v) is 12.5. The normalized spacial score (nSPS) is 13.6. The summed E-state index contributed by atoms with van der Waals surface area (Å²) in [5.74, 6) is -0.124. The highest BCUT2D eigenvalue weighted by atomic mass is 79.9. The second-order valence-electron chi connectivity index (χ2n) is 8.26. The molecule has 0 bridgehead atoms. The topological polar surface area (TPSA) is 83.0 Å². The fraction of sp³-hybridized carbons (Fsp3) is 0.333. The zero-order valence-corrected chi connectivity index (χ0v) is 20.7. The van der Waals surface area contributed by atoms with E-state index >= 15 is 0 Å². The molecule has 0 spiro atoms. The zero-order chi connectivity index (χ0) is 24.5. The Hall–Kier alpha value is -2.85. The molecule has 0 unspecified atom stereocenters. The summed E-state index contributed by atoms with van der Waals surface area (Å²) in [5.41, 5.74) is 2.29. The molecule has 5 rings (SSSR count). The quantitative estimate of drug-likeness (QED) is 0.134. The Kier molecular flexibility index (Phi) is 6.84. The SMILES string of the molecule is O=C(OCc1ccccc1)c1c(-c2c(CBr)n(C(CF)CF)c3ncnc(Cl)c23)noc1C1CC1. The van der Waals surface area contributed by atoms with Gasteiger partial charge in [-0.3, -0.25) is 0 Å². The van der Waals surface area contributed by atoms with Crippen LogP contribution in [0.15, 0.2) is 41.2 Å². The molecule has 182 valence electrons. The fourth-order valence-electron chi connectivity index (χ4n) is 4.19. The number of hydrogen-bond donors (Lipinski definition) is 0. The van der Waals surface area contributed by atoms with Gasteiger partial charge < -0.3 is 13.8 Å². The molecule has 35 heavy (non-hydrogen) atoms. The van der Waals surface area contributed by atoms with Crippen LogP contribution in [0.3, 0.4) is 0 Å². The van der Waals surface area contributed by atoms with Gasteiger partial charge in [0.15, 0.2) is 5.76 Å². The Labute approximate surface area is 212 Å². The van der Waals surface area contributed by atoms with Crippen molar-refractivity contribution < 1.29 is 22.8 Å². The van der Waals surface area contributed by atoms with Gasteiger partial charge in [-0.15, -0.1) is 0 Å². The maximum Gasteiger partial charge on any atom is 0.344 e. The second-order valence-corrected chi connectivity index (χ2v) is 9.18. The molecule has 1 saturated carbocycles. The highest BCUT2D eigenvalue weighted by Crippen LogP contribution is 2.47. The van der Waals surface area contributed by atoms with Gasteiger partial charge in [0.05, 0.1) is 11.4 Å². The number of aromatic nitrogens is 4. The summed E-state index contributed by atoms with van der Waals surface area (Å²) in [6, 6.07) is 8.16. The van der Waals surface area contributed by atoms with Crippen molar-refractivity contribution in [2.75, 3.05) is 13.3 Å². The molecule has 7 nitrogen and oxygen atoms in total.